The van der Waals surface area contributed by atoms with Gasteiger partial charge in [0.15, 0.2) is 0 Å². The van der Waals surface area contributed by atoms with E-state index >= 15 is 0 Å². The molecule has 3 heteroatoms. The molecule has 0 radical (unpaired) electrons. The van der Waals surface area contributed by atoms with Gasteiger partial charge in [-0.05, 0) is 25.3 Å². The van der Waals surface area contributed by atoms with Crippen molar-refractivity contribution in [1.29, 1.82) is 0 Å². The van der Waals surface area contributed by atoms with Crippen LogP contribution in [0.4, 0.5) is 4.48 Å². The third-order valence-electron chi connectivity index (χ3n) is 1.89. The maximum absolute atomic E-state index is 12.3. The lowest BCUT2D eigenvalue weighted by atomic mass is 9.99. The third-order valence-corrected chi connectivity index (χ3v) is 1.89. The fourth-order valence-corrected chi connectivity index (χ4v) is 1.14. The molecule has 1 heterocycles. The van der Waals surface area contributed by atoms with E-state index in [9.17, 15) is 4.48 Å². The molecule has 0 unspecified atom stereocenters. The number of piperidine rings is 1. The Morgan fingerprint density at radius 3 is 2.44 bits per heavy atom. The SMILES string of the molecule is NCC1CCN(F)CC1. The molecule has 2 N–H and O–H groups in total. The predicted octanol–water partition coefficient (Wildman–Crippen LogP) is 0.542. The quantitative estimate of drug-likeness (QED) is 0.528. The van der Waals surface area contributed by atoms with Crippen molar-refractivity contribution < 1.29 is 4.48 Å². The Hall–Kier alpha value is -0.150. The number of nitrogens with two attached hydrogens (primary N) is 1. The summed E-state index contributed by atoms with van der Waals surface area (Å²) >= 11 is 0. The van der Waals surface area contributed by atoms with E-state index in [0.29, 0.717) is 25.6 Å². The van der Waals surface area contributed by atoms with E-state index in [1.807, 2.05) is 0 Å². The summed E-state index contributed by atoms with van der Waals surface area (Å²) in [5.41, 5.74) is 5.41. The second kappa shape index (κ2) is 3.13. The first-order valence-corrected chi connectivity index (χ1v) is 3.43. The molecule has 0 aromatic heterocycles. The number of hydrogen-bond acceptors (Lipinski definition) is 2. The Kier molecular flexibility index (Phi) is 2.42. The van der Waals surface area contributed by atoms with Crippen LogP contribution >= 0.6 is 0 Å². The van der Waals surface area contributed by atoms with E-state index in [4.69, 9.17) is 5.73 Å². The summed E-state index contributed by atoms with van der Waals surface area (Å²) in [6.45, 7) is 1.86. The molecule has 0 saturated carbocycles. The van der Waals surface area contributed by atoms with Crippen LogP contribution in [0.1, 0.15) is 12.8 Å². The fraction of sp³-hybridized carbons (Fsp3) is 1.00. The lowest BCUT2D eigenvalue weighted by molar-refractivity contribution is -0.00738. The zero-order valence-electron chi connectivity index (χ0n) is 5.52. The van der Waals surface area contributed by atoms with Gasteiger partial charge in [-0.15, -0.1) is 9.60 Å². The largest absolute Gasteiger partial charge is 0.330 e. The van der Waals surface area contributed by atoms with Crippen LogP contribution in [0.3, 0.4) is 0 Å². The fourth-order valence-electron chi connectivity index (χ4n) is 1.14. The van der Waals surface area contributed by atoms with E-state index in [1.165, 1.54) is 0 Å². The van der Waals surface area contributed by atoms with Gasteiger partial charge in [-0.2, -0.15) is 0 Å². The van der Waals surface area contributed by atoms with Crippen LogP contribution in [0.15, 0.2) is 0 Å². The van der Waals surface area contributed by atoms with E-state index in [0.717, 1.165) is 18.0 Å². The van der Waals surface area contributed by atoms with Crippen molar-refractivity contribution in [1.82, 2.24) is 5.12 Å². The standard InChI is InChI=1S/C6H13FN2/c7-9-3-1-6(5-8)2-4-9/h6H,1-5,8H2. The minimum Gasteiger partial charge on any atom is -0.330 e. The van der Waals surface area contributed by atoms with Crippen LogP contribution in [0, 0.1) is 5.92 Å². The van der Waals surface area contributed by atoms with Crippen LogP contribution < -0.4 is 5.73 Å². The molecular formula is C6H13FN2. The zero-order valence-corrected chi connectivity index (χ0v) is 5.52. The van der Waals surface area contributed by atoms with Crippen molar-refractivity contribution in [3.63, 3.8) is 0 Å². The molecular weight excluding hydrogens is 119 g/mol. The molecule has 1 aliphatic rings. The second-order valence-electron chi connectivity index (χ2n) is 2.59. The van der Waals surface area contributed by atoms with Gasteiger partial charge in [0.1, 0.15) is 0 Å². The van der Waals surface area contributed by atoms with Gasteiger partial charge in [-0.25, -0.2) is 0 Å². The molecule has 0 aliphatic carbocycles. The highest BCUT2D eigenvalue weighted by molar-refractivity contribution is 4.67. The Morgan fingerprint density at radius 2 is 2.00 bits per heavy atom. The highest BCUT2D eigenvalue weighted by Crippen LogP contribution is 2.15. The smallest absolute Gasteiger partial charge is 0.0293 e. The molecule has 0 aromatic carbocycles. The molecule has 0 spiro atoms. The van der Waals surface area contributed by atoms with Crippen molar-refractivity contribution in [2.45, 2.75) is 12.8 Å². The monoisotopic (exact) mass is 132 g/mol. The van der Waals surface area contributed by atoms with Crippen LogP contribution in [0.25, 0.3) is 0 Å². The average molecular weight is 132 g/mol. The normalized spacial score (nSPS) is 24.7. The van der Waals surface area contributed by atoms with Crippen molar-refractivity contribution in [3.05, 3.63) is 0 Å². The summed E-state index contributed by atoms with van der Waals surface area (Å²) in [5, 5.41) is 0.867. The minimum atomic E-state index is 0.567. The summed E-state index contributed by atoms with van der Waals surface area (Å²) in [7, 11) is 0. The first-order valence-electron chi connectivity index (χ1n) is 3.43. The molecule has 0 bridgehead atoms. The minimum absolute atomic E-state index is 0.567. The van der Waals surface area contributed by atoms with Crippen LogP contribution in [0.5, 0.6) is 0 Å². The van der Waals surface area contributed by atoms with Crippen LogP contribution in [0.2, 0.25) is 0 Å². The van der Waals surface area contributed by atoms with Gasteiger partial charge in [0, 0.05) is 13.1 Å². The number of hydrogen-bond donors (Lipinski definition) is 1. The van der Waals surface area contributed by atoms with Gasteiger partial charge in [0.25, 0.3) is 0 Å². The zero-order chi connectivity index (χ0) is 6.69. The second-order valence-corrected chi connectivity index (χ2v) is 2.59. The van der Waals surface area contributed by atoms with Crippen molar-refractivity contribution in [2.24, 2.45) is 11.7 Å². The molecule has 1 aliphatic heterocycles. The summed E-state index contributed by atoms with van der Waals surface area (Å²) in [5.74, 6) is 0.567. The predicted molar refractivity (Wildman–Crippen MR) is 34.5 cm³/mol. The van der Waals surface area contributed by atoms with Crippen molar-refractivity contribution in [3.8, 4) is 0 Å². The number of rotatable bonds is 1. The van der Waals surface area contributed by atoms with Crippen LogP contribution in [-0.2, 0) is 0 Å². The van der Waals surface area contributed by atoms with Gasteiger partial charge in [0.2, 0.25) is 0 Å². The summed E-state index contributed by atoms with van der Waals surface area (Å²) < 4.78 is 12.3. The summed E-state index contributed by atoms with van der Waals surface area (Å²) in [6, 6.07) is 0. The lowest BCUT2D eigenvalue weighted by Crippen LogP contribution is -2.30. The van der Waals surface area contributed by atoms with Crippen molar-refractivity contribution in [2.75, 3.05) is 19.6 Å². The molecule has 54 valence electrons. The maximum atomic E-state index is 12.3. The van der Waals surface area contributed by atoms with Gasteiger partial charge < -0.3 is 5.73 Å². The van der Waals surface area contributed by atoms with E-state index < -0.39 is 0 Å². The highest BCUT2D eigenvalue weighted by atomic mass is 19.2. The third kappa shape index (κ3) is 1.91. The highest BCUT2D eigenvalue weighted by Gasteiger charge is 2.16. The van der Waals surface area contributed by atoms with E-state index in [2.05, 4.69) is 0 Å². The number of halogens is 1. The van der Waals surface area contributed by atoms with Gasteiger partial charge in [0.05, 0.1) is 0 Å². The molecule has 1 saturated heterocycles. The van der Waals surface area contributed by atoms with Gasteiger partial charge in [-0.3, -0.25) is 0 Å². The molecule has 0 aromatic rings. The van der Waals surface area contributed by atoms with E-state index in [-0.39, 0.29) is 0 Å². The Labute approximate surface area is 54.8 Å². The summed E-state index contributed by atoms with van der Waals surface area (Å²) in [6.07, 6.45) is 1.85. The molecule has 9 heavy (non-hydrogen) atoms. The topological polar surface area (TPSA) is 29.3 Å². The van der Waals surface area contributed by atoms with E-state index in [1.54, 1.807) is 0 Å². The Bertz CT molecular complexity index is 79.1. The van der Waals surface area contributed by atoms with Gasteiger partial charge in [-0.1, -0.05) is 0 Å². The summed E-state index contributed by atoms with van der Waals surface area (Å²) in [4.78, 5) is 0. The van der Waals surface area contributed by atoms with Gasteiger partial charge >= 0.3 is 0 Å². The number of nitrogens with zero attached hydrogens (tertiary/aromatic N) is 1. The molecule has 0 amide bonds. The van der Waals surface area contributed by atoms with Crippen LogP contribution in [-0.4, -0.2) is 24.8 Å². The lowest BCUT2D eigenvalue weighted by Gasteiger charge is -2.24. The molecule has 1 fully saturated rings. The first kappa shape index (κ1) is 6.96. The molecule has 0 atom stereocenters. The maximum Gasteiger partial charge on any atom is 0.0293 e. The first-order chi connectivity index (χ1) is 4.33. The molecule has 1 rings (SSSR count). The Balaban J connectivity index is 2.18. The van der Waals surface area contributed by atoms with Crippen molar-refractivity contribution >= 4 is 0 Å². The Morgan fingerprint density at radius 1 is 1.44 bits per heavy atom. The molecule has 2 nitrogen and oxygen atoms in total. The average Bonchev–Trinajstić information content (AvgIpc) is 1.90.